The molecule has 2 N–H and O–H groups in total. The topological polar surface area (TPSA) is 55.8 Å². The zero-order valence-electron chi connectivity index (χ0n) is 12.1. The fourth-order valence-corrected chi connectivity index (χ4v) is 3.40. The van der Waals surface area contributed by atoms with E-state index in [4.69, 9.17) is 0 Å². The summed E-state index contributed by atoms with van der Waals surface area (Å²) >= 11 is 0. The van der Waals surface area contributed by atoms with Gasteiger partial charge in [0.2, 0.25) is 0 Å². The van der Waals surface area contributed by atoms with Gasteiger partial charge in [0.25, 0.3) is 0 Å². The minimum Gasteiger partial charge on any atom is -0.480 e. The van der Waals surface area contributed by atoms with Crippen LogP contribution in [0.25, 0.3) is 0 Å². The third-order valence-electron chi connectivity index (χ3n) is 4.70. The standard InChI is InChI=1S/C13H22F3N3O2/c1-17-12(11(20)21)3-2-10(8-12)19-6-4-18(5-7-19)9-13(14,15)16/h10,17H,2-9H2,1H3,(H,20,21). The molecule has 1 saturated carbocycles. The maximum atomic E-state index is 12.3. The molecule has 1 heterocycles. The van der Waals surface area contributed by atoms with Crippen LogP contribution in [0.4, 0.5) is 13.2 Å². The Morgan fingerprint density at radius 1 is 1.33 bits per heavy atom. The van der Waals surface area contributed by atoms with Gasteiger partial charge < -0.3 is 10.4 Å². The van der Waals surface area contributed by atoms with Crippen molar-refractivity contribution in [2.24, 2.45) is 0 Å². The van der Waals surface area contributed by atoms with Crippen LogP contribution in [0.3, 0.4) is 0 Å². The predicted octanol–water partition coefficient (Wildman–Crippen LogP) is 0.762. The molecule has 0 aromatic heterocycles. The van der Waals surface area contributed by atoms with Crippen LogP contribution < -0.4 is 5.32 Å². The first-order valence-corrected chi connectivity index (χ1v) is 7.21. The van der Waals surface area contributed by atoms with E-state index >= 15 is 0 Å². The molecule has 2 fully saturated rings. The lowest BCUT2D eigenvalue weighted by molar-refractivity contribution is -0.150. The van der Waals surface area contributed by atoms with Crippen molar-refractivity contribution in [1.29, 1.82) is 0 Å². The largest absolute Gasteiger partial charge is 0.480 e. The molecule has 0 aromatic rings. The van der Waals surface area contributed by atoms with E-state index < -0.39 is 24.2 Å². The van der Waals surface area contributed by atoms with Gasteiger partial charge in [0.05, 0.1) is 6.54 Å². The van der Waals surface area contributed by atoms with Crippen molar-refractivity contribution < 1.29 is 23.1 Å². The van der Waals surface area contributed by atoms with Crippen molar-refractivity contribution in [3.8, 4) is 0 Å². The van der Waals surface area contributed by atoms with Crippen LogP contribution in [0.2, 0.25) is 0 Å². The molecule has 2 aliphatic rings. The van der Waals surface area contributed by atoms with Gasteiger partial charge in [-0.25, -0.2) is 0 Å². The van der Waals surface area contributed by atoms with Crippen LogP contribution in [0.15, 0.2) is 0 Å². The summed E-state index contributed by atoms with van der Waals surface area (Å²) in [5, 5.41) is 12.2. The number of alkyl halides is 3. The number of rotatable bonds is 4. The van der Waals surface area contributed by atoms with Gasteiger partial charge >= 0.3 is 12.1 Å². The first-order chi connectivity index (χ1) is 9.76. The molecule has 8 heteroatoms. The van der Waals surface area contributed by atoms with E-state index in [0.29, 0.717) is 39.0 Å². The first kappa shape index (κ1) is 16.5. The number of carbonyl (C=O) groups is 1. The fourth-order valence-electron chi connectivity index (χ4n) is 3.40. The molecule has 2 atom stereocenters. The molecule has 21 heavy (non-hydrogen) atoms. The van der Waals surface area contributed by atoms with Crippen LogP contribution in [0.1, 0.15) is 19.3 Å². The Morgan fingerprint density at radius 3 is 2.38 bits per heavy atom. The molecular weight excluding hydrogens is 287 g/mol. The van der Waals surface area contributed by atoms with E-state index in [2.05, 4.69) is 10.2 Å². The van der Waals surface area contributed by atoms with Crippen molar-refractivity contribution >= 4 is 5.97 Å². The zero-order valence-corrected chi connectivity index (χ0v) is 12.1. The Labute approximate surface area is 122 Å². The average Bonchev–Trinajstić information content (AvgIpc) is 2.83. The first-order valence-electron chi connectivity index (χ1n) is 7.21. The van der Waals surface area contributed by atoms with Crippen molar-refractivity contribution in [3.63, 3.8) is 0 Å². The maximum Gasteiger partial charge on any atom is 0.401 e. The van der Waals surface area contributed by atoms with Crippen molar-refractivity contribution in [3.05, 3.63) is 0 Å². The SMILES string of the molecule is CNC1(C(=O)O)CCC(N2CCN(CC(F)(F)F)CC2)C1. The minimum atomic E-state index is -4.15. The summed E-state index contributed by atoms with van der Waals surface area (Å²) in [5.41, 5.74) is -0.881. The number of carboxylic acids is 1. The second-order valence-electron chi connectivity index (χ2n) is 5.96. The second-order valence-corrected chi connectivity index (χ2v) is 5.96. The van der Waals surface area contributed by atoms with Crippen LogP contribution in [-0.2, 0) is 4.79 Å². The molecule has 0 aromatic carbocycles. The lowest BCUT2D eigenvalue weighted by Gasteiger charge is -2.38. The molecule has 5 nitrogen and oxygen atoms in total. The molecule has 1 saturated heterocycles. The van der Waals surface area contributed by atoms with Crippen LogP contribution in [0.5, 0.6) is 0 Å². The Morgan fingerprint density at radius 2 is 1.95 bits per heavy atom. The summed E-state index contributed by atoms with van der Waals surface area (Å²) in [6.07, 6.45) is -2.31. The number of nitrogens with zero attached hydrogens (tertiary/aromatic N) is 2. The average molecular weight is 309 g/mol. The fraction of sp³-hybridized carbons (Fsp3) is 0.923. The molecule has 0 radical (unpaired) electrons. The molecule has 2 unspecified atom stereocenters. The van der Waals surface area contributed by atoms with E-state index in [0.717, 1.165) is 6.42 Å². The third-order valence-corrected chi connectivity index (χ3v) is 4.70. The summed E-state index contributed by atoms with van der Waals surface area (Å²) in [6.45, 7) is 1.05. The Balaban J connectivity index is 1.85. The van der Waals surface area contributed by atoms with Gasteiger partial charge in [-0.2, -0.15) is 13.2 Å². The summed E-state index contributed by atoms with van der Waals surface area (Å²) < 4.78 is 37.0. The molecule has 1 aliphatic carbocycles. The molecule has 2 rings (SSSR count). The van der Waals surface area contributed by atoms with Crippen LogP contribution in [0, 0.1) is 0 Å². The zero-order chi connectivity index (χ0) is 15.7. The number of hydrogen-bond donors (Lipinski definition) is 2. The highest BCUT2D eigenvalue weighted by molar-refractivity contribution is 5.79. The van der Waals surface area contributed by atoms with Gasteiger partial charge in [0, 0.05) is 32.2 Å². The molecular formula is C13H22F3N3O2. The monoisotopic (exact) mass is 309 g/mol. The molecule has 122 valence electrons. The van der Waals surface area contributed by atoms with Gasteiger partial charge in [-0.05, 0) is 26.3 Å². The molecule has 0 spiro atoms. The van der Waals surface area contributed by atoms with Crippen LogP contribution in [-0.4, -0.2) is 78.4 Å². The van der Waals surface area contributed by atoms with E-state index in [9.17, 15) is 23.1 Å². The van der Waals surface area contributed by atoms with Gasteiger partial charge in [-0.15, -0.1) is 0 Å². The summed E-state index contributed by atoms with van der Waals surface area (Å²) in [6, 6.07) is 0.140. The number of carboxylic acid groups (broad SMARTS) is 1. The lowest BCUT2D eigenvalue weighted by Crippen LogP contribution is -2.53. The summed E-state index contributed by atoms with van der Waals surface area (Å²) in [5.74, 6) is -0.844. The number of halogens is 3. The quantitative estimate of drug-likeness (QED) is 0.803. The Kier molecular flexibility index (Phi) is 4.79. The maximum absolute atomic E-state index is 12.3. The summed E-state index contributed by atoms with van der Waals surface area (Å²) in [4.78, 5) is 14.9. The van der Waals surface area contributed by atoms with Crippen LogP contribution >= 0.6 is 0 Å². The van der Waals surface area contributed by atoms with Crippen molar-refractivity contribution in [2.75, 3.05) is 39.8 Å². The van der Waals surface area contributed by atoms with Gasteiger partial charge in [-0.1, -0.05) is 0 Å². The van der Waals surface area contributed by atoms with Gasteiger partial charge in [0.15, 0.2) is 0 Å². The molecule has 1 aliphatic heterocycles. The predicted molar refractivity (Wildman–Crippen MR) is 71.1 cm³/mol. The highest BCUT2D eigenvalue weighted by atomic mass is 19.4. The lowest BCUT2D eigenvalue weighted by atomic mass is 9.97. The highest BCUT2D eigenvalue weighted by Crippen LogP contribution is 2.33. The second kappa shape index (κ2) is 6.10. The molecule has 0 amide bonds. The van der Waals surface area contributed by atoms with Gasteiger partial charge in [0.1, 0.15) is 5.54 Å². The number of likely N-dealkylation sites (N-methyl/N-ethyl adjacent to an activating group) is 1. The number of nitrogens with one attached hydrogen (secondary N) is 1. The molecule has 0 bridgehead atoms. The highest BCUT2D eigenvalue weighted by Gasteiger charge is 2.46. The van der Waals surface area contributed by atoms with E-state index in [-0.39, 0.29) is 6.04 Å². The smallest absolute Gasteiger partial charge is 0.401 e. The van der Waals surface area contributed by atoms with Crippen molar-refractivity contribution in [1.82, 2.24) is 15.1 Å². The van der Waals surface area contributed by atoms with E-state index in [1.807, 2.05) is 0 Å². The Hall–Kier alpha value is -0.860. The normalized spacial score (nSPS) is 32.5. The number of piperazine rings is 1. The van der Waals surface area contributed by atoms with Gasteiger partial charge in [-0.3, -0.25) is 14.6 Å². The number of hydrogen-bond acceptors (Lipinski definition) is 4. The minimum absolute atomic E-state index is 0.140. The summed E-state index contributed by atoms with van der Waals surface area (Å²) in [7, 11) is 1.65. The number of aliphatic carboxylic acids is 1. The van der Waals surface area contributed by atoms with E-state index in [1.54, 1.807) is 7.05 Å². The van der Waals surface area contributed by atoms with E-state index in [1.165, 1.54) is 4.90 Å². The Bertz CT molecular complexity index is 383. The third kappa shape index (κ3) is 3.87. The van der Waals surface area contributed by atoms with Crippen molar-refractivity contribution in [2.45, 2.75) is 37.0 Å².